The number of nitrogens with zero attached hydrogens (tertiary/aromatic N) is 1. The van der Waals surface area contributed by atoms with E-state index in [1.807, 2.05) is 0 Å². The van der Waals surface area contributed by atoms with Crippen LogP contribution in [0, 0.1) is 17.5 Å². The van der Waals surface area contributed by atoms with Crippen molar-refractivity contribution in [2.24, 2.45) is 0 Å². The quantitative estimate of drug-likeness (QED) is 0.618. The first kappa shape index (κ1) is 14.1. The van der Waals surface area contributed by atoms with Gasteiger partial charge in [-0.1, -0.05) is 0 Å². The minimum atomic E-state index is -1.65. The molecule has 1 unspecified atom stereocenters. The van der Waals surface area contributed by atoms with Crippen LogP contribution in [0.15, 0.2) is 12.1 Å². The van der Waals surface area contributed by atoms with Crippen molar-refractivity contribution in [2.75, 3.05) is 25.6 Å². The lowest BCUT2D eigenvalue weighted by Crippen LogP contribution is -2.46. The zero-order valence-electron chi connectivity index (χ0n) is 9.84. The Kier molecular flexibility index (Phi) is 4.31. The summed E-state index contributed by atoms with van der Waals surface area (Å²) in [5, 5.41) is 0. The summed E-state index contributed by atoms with van der Waals surface area (Å²) in [6.45, 7) is 0.722. The number of carbonyl (C=O) groups is 1. The number of ether oxygens (including phenoxy) is 1. The maximum absolute atomic E-state index is 13.5. The van der Waals surface area contributed by atoms with Gasteiger partial charge in [0.2, 0.25) is 0 Å². The normalized spacial score (nSPS) is 19.6. The van der Waals surface area contributed by atoms with Gasteiger partial charge < -0.3 is 9.64 Å². The smallest absolute Gasteiger partial charge is 0.257 e. The molecule has 1 atom stereocenters. The number of amides is 1. The molecular weight excluding hydrogens is 283 g/mol. The lowest BCUT2D eigenvalue weighted by molar-refractivity contribution is -0.0110. The fourth-order valence-corrected chi connectivity index (χ4v) is 2.05. The Hall–Kier alpha value is -1.27. The van der Waals surface area contributed by atoms with E-state index in [9.17, 15) is 18.0 Å². The van der Waals surface area contributed by atoms with E-state index >= 15 is 0 Å². The van der Waals surface area contributed by atoms with Crippen molar-refractivity contribution in [1.29, 1.82) is 0 Å². The number of hydrogen-bond donors (Lipinski definition) is 0. The van der Waals surface area contributed by atoms with Crippen LogP contribution in [0.3, 0.4) is 0 Å². The molecule has 0 N–H and O–H groups in total. The molecule has 1 amide bonds. The molecule has 0 aromatic heterocycles. The van der Waals surface area contributed by atoms with Crippen molar-refractivity contribution < 1.29 is 22.7 Å². The molecule has 0 radical (unpaired) electrons. The SMILES string of the molecule is O=C(c1ccc(F)c(F)c1F)N1CCOC(CCl)C1. The van der Waals surface area contributed by atoms with Crippen LogP contribution < -0.4 is 0 Å². The second kappa shape index (κ2) is 5.79. The standard InChI is InChI=1S/C12H11ClF3NO2/c13-5-7-6-17(3-4-19-7)12(18)8-1-2-9(14)11(16)10(8)15/h1-2,7H,3-6H2. The average Bonchev–Trinajstić information content (AvgIpc) is 2.44. The summed E-state index contributed by atoms with van der Waals surface area (Å²) in [5.41, 5.74) is -0.492. The first-order chi connectivity index (χ1) is 9.04. The molecule has 1 aliphatic heterocycles. The maximum atomic E-state index is 13.5. The van der Waals surface area contributed by atoms with Crippen LogP contribution in [-0.2, 0) is 4.74 Å². The molecule has 0 saturated carbocycles. The number of morpholine rings is 1. The number of carbonyl (C=O) groups excluding carboxylic acids is 1. The largest absolute Gasteiger partial charge is 0.373 e. The van der Waals surface area contributed by atoms with Gasteiger partial charge in [0.25, 0.3) is 5.91 Å². The number of halogens is 4. The topological polar surface area (TPSA) is 29.5 Å². The van der Waals surface area contributed by atoms with Gasteiger partial charge in [0.15, 0.2) is 17.5 Å². The molecule has 1 saturated heterocycles. The van der Waals surface area contributed by atoms with Crippen LogP contribution in [-0.4, -0.2) is 42.5 Å². The molecule has 0 aliphatic carbocycles. The molecule has 1 aromatic carbocycles. The minimum absolute atomic E-state index is 0.195. The average molecular weight is 294 g/mol. The van der Waals surface area contributed by atoms with Gasteiger partial charge in [-0.25, -0.2) is 13.2 Å². The second-order valence-electron chi connectivity index (χ2n) is 4.12. The molecule has 19 heavy (non-hydrogen) atoms. The number of benzene rings is 1. The highest BCUT2D eigenvalue weighted by molar-refractivity contribution is 6.18. The molecule has 7 heteroatoms. The van der Waals surface area contributed by atoms with Crippen LogP contribution in [0.4, 0.5) is 13.2 Å². The molecule has 0 spiro atoms. The first-order valence-corrected chi connectivity index (χ1v) is 6.18. The first-order valence-electron chi connectivity index (χ1n) is 5.65. The van der Waals surface area contributed by atoms with E-state index in [0.717, 1.165) is 12.1 Å². The molecule has 3 nitrogen and oxygen atoms in total. The Morgan fingerprint density at radius 2 is 2.11 bits per heavy atom. The monoisotopic (exact) mass is 293 g/mol. The van der Waals surface area contributed by atoms with Gasteiger partial charge in [-0.05, 0) is 12.1 Å². The van der Waals surface area contributed by atoms with E-state index in [1.165, 1.54) is 4.90 Å². The van der Waals surface area contributed by atoms with Gasteiger partial charge >= 0.3 is 0 Å². The molecule has 0 bridgehead atoms. The van der Waals surface area contributed by atoms with Crippen molar-refractivity contribution >= 4 is 17.5 Å². The zero-order chi connectivity index (χ0) is 14.0. The summed E-state index contributed by atoms with van der Waals surface area (Å²) in [6.07, 6.45) is -0.340. The van der Waals surface area contributed by atoms with E-state index in [1.54, 1.807) is 0 Å². The third-order valence-electron chi connectivity index (χ3n) is 2.86. The lowest BCUT2D eigenvalue weighted by atomic mass is 10.1. The predicted octanol–water partition coefficient (Wildman–Crippen LogP) is 2.18. The molecule has 2 rings (SSSR count). The van der Waals surface area contributed by atoms with Crippen molar-refractivity contribution in [1.82, 2.24) is 4.90 Å². The van der Waals surface area contributed by atoms with Crippen molar-refractivity contribution in [3.63, 3.8) is 0 Å². The third kappa shape index (κ3) is 2.84. The van der Waals surface area contributed by atoms with Crippen molar-refractivity contribution in [3.8, 4) is 0 Å². The highest BCUT2D eigenvalue weighted by Crippen LogP contribution is 2.18. The van der Waals surface area contributed by atoms with Crippen molar-refractivity contribution in [2.45, 2.75) is 6.10 Å². The van der Waals surface area contributed by atoms with Crippen LogP contribution in [0.2, 0.25) is 0 Å². The summed E-state index contributed by atoms with van der Waals surface area (Å²) in [4.78, 5) is 13.4. The van der Waals surface area contributed by atoms with Gasteiger partial charge in [0.05, 0.1) is 24.2 Å². The van der Waals surface area contributed by atoms with E-state index in [-0.39, 0.29) is 31.7 Å². The third-order valence-corrected chi connectivity index (χ3v) is 3.21. The lowest BCUT2D eigenvalue weighted by Gasteiger charge is -2.32. The van der Waals surface area contributed by atoms with Gasteiger partial charge in [0.1, 0.15) is 0 Å². The molecule has 1 aliphatic rings. The number of rotatable bonds is 2. The zero-order valence-corrected chi connectivity index (χ0v) is 10.6. The van der Waals surface area contributed by atoms with Gasteiger partial charge in [-0.2, -0.15) is 0 Å². The van der Waals surface area contributed by atoms with E-state index in [0.29, 0.717) is 0 Å². The summed E-state index contributed by atoms with van der Waals surface area (Å²) in [6, 6.07) is 1.66. The Morgan fingerprint density at radius 3 is 2.79 bits per heavy atom. The number of alkyl halides is 1. The van der Waals surface area contributed by atoms with E-state index in [2.05, 4.69) is 0 Å². The summed E-state index contributed by atoms with van der Waals surface area (Å²) >= 11 is 5.63. The Balaban J connectivity index is 2.22. The summed E-state index contributed by atoms with van der Waals surface area (Å²) in [7, 11) is 0. The predicted molar refractivity (Wildman–Crippen MR) is 62.7 cm³/mol. The minimum Gasteiger partial charge on any atom is -0.373 e. The van der Waals surface area contributed by atoms with E-state index in [4.69, 9.17) is 16.3 Å². The molecular formula is C12H11ClF3NO2. The second-order valence-corrected chi connectivity index (χ2v) is 4.43. The molecule has 1 fully saturated rings. The maximum Gasteiger partial charge on any atom is 0.257 e. The van der Waals surface area contributed by atoms with Gasteiger partial charge in [-0.3, -0.25) is 4.79 Å². The fraction of sp³-hybridized carbons (Fsp3) is 0.417. The molecule has 104 valence electrons. The Morgan fingerprint density at radius 1 is 1.37 bits per heavy atom. The van der Waals surface area contributed by atoms with Gasteiger partial charge in [-0.15, -0.1) is 11.6 Å². The van der Waals surface area contributed by atoms with Crippen LogP contribution in [0.25, 0.3) is 0 Å². The molecule has 1 aromatic rings. The highest BCUT2D eigenvalue weighted by Gasteiger charge is 2.27. The van der Waals surface area contributed by atoms with E-state index < -0.39 is 28.9 Å². The van der Waals surface area contributed by atoms with Crippen LogP contribution >= 0.6 is 11.6 Å². The van der Waals surface area contributed by atoms with Crippen LogP contribution in [0.1, 0.15) is 10.4 Å². The molecule has 1 heterocycles. The fourth-order valence-electron chi connectivity index (χ4n) is 1.86. The Bertz CT molecular complexity index is 498. The summed E-state index contributed by atoms with van der Waals surface area (Å²) in [5.74, 6) is -4.94. The Labute approximate surface area is 112 Å². The summed E-state index contributed by atoms with van der Waals surface area (Å²) < 4.78 is 44.7. The van der Waals surface area contributed by atoms with Crippen molar-refractivity contribution in [3.05, 3.63) is 35.1 Å². The van der Waals surface area contributed by atoms with Gasteiger partial charge in [0, 0.05) is 13.1 Å². The van der Waals surface area contributed by atoms with Crippen LogP contribution in [0.5, 0.6) is 0 Å². The number of hydrogen-bond acceptors (Lipinski definition) is 2. The highest BCUT2D eigenvalue weighted by atomic mass is 35.5.